The van der Waals surface area contributed by atoms with Crippen molar-refractivity contribution in [3.63, 3.8) is 0 Å². The van der Waals surface area contributed by atoms with Crippen LogP contribution in [0, 0.1) is 5.92 Å². The van der Waals surface area contributed by atoms with Crippen LogP contribution in [0.3, 0.4) is 0 Å². The smallest absolute Gasteiger partial charge is 0.260 e. The number of aromatic nitrogens is 2. The minimum absolute atomic E-state index is 0.186. The maximum atomic E-state index is 12.3. The predicted octanol–water partition coefficient (Wildman–Crippen LogP) is 0.808. The second kappa shape index (κ2) is 6.02. The van der Waals surface area contributed by atoms with Gasteiger partial charge in [-0.25, -0.2) is 13.4 Å². The molecule has 1 unspecified atom stereocenters. The molecule has 0 radical (unpaired) electrons. The van der Waals surface area contributed by atoms with Gasteiger partial charge in [0.25, 0.3) is 10.0 Å². The van der Waals surface area contributed by atoms with Gasteiger partial charge in [0.1, 0.15) is 0 Å². The standard InChI is InChI=1S/C12H22N4O2S/c1-3-14-10(2)11-4-6-16(7-5-11)19(17,18)12-8-13-9-15-12/h8-11,14H,3-7H2,1-2H3,(H,13,15). The highest BCUT2D eigenvalue weighted by molar-refractivity contribution is 7.89. The summed E-state index contributed by atoms with van der Waals surface area (Å²) in [4.78, 5) is 6.46. The number of H-pyrrole nitrogens is 1. The van der Waals surface area contributed by atoms with Gasteiger partial charge in [-0.2, -0.15) is 4.31 Å². The third-order valence-corrected chi connectivity index (χ3v) is 5.65. The monoisotopic (exact) mass is 286 g/mol. The molecule has 108 valence electrons. The van der Waals surface area contributed by atoms with Gasteiger partial charge in [0.05, 0.1) is 12.5 Å². The van der Waals surface area contributed by atoms with Gasteiger partial charge in [0, 0.05) is 19.1 Å². The number of nitrogens with one attached hydrogen (secondary N) is 2. The summed E-state index contributed by atoms with van der Waals surface area (Å²) in [5, 5.41) is 3.60. The van der Waals surface area contributed by atoms with E-state index in [9.17, 15) is 8.42 Å². The zero-order valence-electron chi connectivity index (χ0n) is 11.5. The molecule has 0 aromatic carbocycles. The van der Waals surface area contributed by atoms with E-state index in [1.807, 2.05) is 0 Å². The van der Waals surface area contributed by atoms with Crippen LogP contribution >= 0.6 is 0 Å². The van der Waals surface area contributed by atoms with E-state index in [4.69, 9.17) is 0 Å². The molecule has 0 bridgehead atoms. The lowest BCUT2D eigenvalue weighted by atomic mass is 9.91. The summed E-state index contributed by atoms with van der Waals surface area (Å²) in [7, 11) is -3.39. The number of sulfonamides is 1. The number of imidazole rings is 1. The minimum atomic E-state index is -3.39. The van der Waals surface area contributed by atoms with Crippen molar-refractivity contribution in [2.24, 2.45) is 5.92 Å². The Hall–Kier alpha value is -0.920. The number of hydrogen-bond acceptors (Lipinski definition) is 4. The van der Waals surface area contributed by atoms with Gasteiger partial charge >= 0.3 is 0 Å². The highest BCUT2D eigenvalue weighted by atomic mass is 32.2. The first-order valence-electron chi connectivity index (χ1n) is 6.77. The summed E-state index contributed by atoms with van der Waals surface area (Å²) < 4.78 is 26.1. The molecule has 2 heterocycles. The van der Waals surface area contributed by atoms with Gasteiger partial charge in [0.2, 0.25) is 0 Å². The van der Waals surface area contributed by atoms with Gasteiger partial charge in [-0.15, -0.1) is 0 Å². The van der Waals surface area contributed by atoms with Crippen molar-refractivity contribution in [2.75, 3.05) is 19.6 Å². The summed E-state index contributed by atoms with van der Waals surface area (Å²) in [5.41, 5.74) is 0. The first-order valence-corrected chi connectivity index (χ1v) is 8.21. The van der Waals surface area contributed by atoms with E-state index in [1.54, 1.807) is 4.31 Å². The van der Waals surface area contributed by atoms with E-state index in [0.717, 1.165) is 19.4 Å². The van der Waals surface area contributed by atoms with Gasteiger partial charge in [-0.05, 0) is 32.2 Å². The maximum Gasteiger partial charge on any atom is 0.260 e. The summed E-state index contributed by atoms with van der Waals surface area (Å²) in [6.07, 6.45) is 4.57. The maximum absolute atomic E-state index is 12.3. The molecule has 7 heteroatoms. The van der Waals surface area contributed by atoms with Crippen LogP contribution in [0.15, 0.2) is 17.6 Å². The molecule has 1 aromatic rings. The second-order valence-electron chi connectivity index (χ2n) is 5.00. The molecule has 6 nitrogen and oxygen atoms in total. The van der Waals surface area contributed by atoms with E-state index >= 15 is 0 Å². The molecule has 1 aliphatic rings. The second-order valence-corrected chi connectivity index (χ2v) is 6.91. The normalized spacial score (nSPS) is 20.5. The first kappa shape index (κ1) is 14.5. The molecule has 0 spiro atoms. The number of piperidine rings is 1. The third-order valence-electron chi connectivity index (χ3n) is 3.82. The largest absolute Gasteiger partial charge is 0.335 e. The van der Waals surface area contributed by atoms with Crippen LogP contribution in [0.4, 0.5) is 0 Å². The SMILES string of the molecule is CCNC(C)C1CCN(S(=O)(=O)c2cnc[nH]2)CC1. The van der Waals surface area contributed by atoms with Crippen LogP contribution in [-0.2, 0) is 10.0 Å². The van der Waals surface area contributed by atoms with Crippen molar-refractivity contribution in [1.82, 2.24) is 19.6 Å². The molecule has 2 rings (SSSR count). The molecule has 1 aromatic heterocycles. The van der Waals surface area contributed by atoms with E-state index in [1.165, 1.54) is 12.5 Å². The first-order chi connectivity index (χ1) is 9.05. The summed E-state index contributed by atoms with van der Waals surface area (Å²) in [6.45, 7) is 6.39. The van der Waals surface area contributed by atoms with E-state index in [-0.39, 0.29) is 5.03 Å². The Labute approximate surface area is 114 Å². The lowest BCUT2D eigenvalue weighted by Gasteiger charge is -2.34. The van der Waals surface area contributed by atoms with Crippen LogP contribution in [-0.4, -0.2) is 48.4 Å². The van der Waals surface area contributed by atoms with Crippen LogP contribution in [0.5, 0.6) is 0 Å². The van der Waals surface area contributed by atoms with Crippen molar-refractivity contribution in [1.29, 1.82) is 0 Å². The number of nitrogens with zero attached hydrogens (tertiary/aromatic N) is 2. The van der Waals surface area contributed by atoms with Crippen LogP contribution in [0.1, 0.15) is 26.7 Å². The van der Waals surface area contributed by atoms with Crippen molar-refractivity contribution in [3.05, 3.63) is 12.5 Å². The molecule has 1 atom stereocenters. The van der Waals surface area contributed by atoms with Crippen molar-refractivity contribution in [3.8, 4) is 0 Å². The Morgan fingerprint density at radius 2 is 2.21 bits per heavy atom. The van der Waals surface area contributed by atoms with Crippen molar-refractivity contribution in [2.45, 2.75) is 37.8 Å². The van der Waals surface area contributed by atoms with E-state index in [2.05, 4.69) is 29.1 Å². The van der Waals surface area contributed by atoms with Crippen molar-refractivity contribution >= 4 is 10.0 Å². The molecule has 1 aliphatic heterocycles. The van der Waals surface area contributed by atoms with Crippen LogP contribution in [0.25, 0.3) is 0 Å². The van der Waals surface area contributed by atoms with Gasteiger partial charge in [0.15, 0.2) is 5.03 Å². The summed E-state index contributed by atoms with van der Waals surface area (Å²) in [6, 6.07) is 0.446. The third kappa shape index (κ3) is 3.16. The molecular formula is C12H22N4O2S. The predicted molar refractivity (Wildman–Crippen MR) is 73.2 cm³/mol. The van der Waals surface area contributed by atoms with Gasteiger partial charge in [-0.3, -0.25) is 0 Å². The van der Waals surface area contributed by atoms with E-state index < -0.39 is 10.0 Å². The Morgan fingerprint density at radius 3 is 2.74 bits per heavy atom. The molecule has 1 saturated heterocycles. The lowest BCUT2D eigenvalue weighted by molar-refractivity contribution is 0.232. The fraction of sp³-hybridized carbons (Fsp3) is 0.750. The Balaban J connectivity index is 1.97. The highest BCUT2D eigenvalue weighted by Gasteiger charge is 2.31. The Kier molecular flexibility index (Phi) is 4.59. The molecule has 0 amide bonds. The molecular weight excluding hydrogens is 264 g/mol. The average molecular weight is 286 g/mol. The molecule has 2 N–H and O–H groups in total. The highest BCUT2D eigenvalue weighted by Crippen LogP contribution is 2.24. The summed E-state index contributed by atoms with van der Waals surface area (Å²) >= 11 is 0. The number of rotatable bonds is 5. The fourth-order valence-corrected chi connectivity index (χ4v) is 3.99. The minimum Gasteiger partial charge on any atom is -0.335 e. The molecule has 19 heavy (non-hydrogen) atoms. The van der Waals surface area contributed by atoms with Crippen LogP contribution < -0.4 is 5.32 Å². The molecule has 0 aliphatic carbocycles. The van der Waals surface area contributed by atoms with Gasteiger partial charge < -0.3 is 10.3 Å². The molecule has 1 fully saturated rings. The van der Waals surface area contributed by atoms with Crippen molar-refractivity contribution < 1.29 is 8.42 Å². The average Bonchev–Trinajstić information content (AvgIpc) is 2.94. The number of aromatic amines is 1. The lowest BCUT2D eigenvalue weighted by Crippen LogP contribution is -2.44. The number of hydrogen-bond donors (Lipinski definition) is 2. The zero-order chi connectivity index (χ0) is 13.9. The molecule has 0 saturated carbocycles. The van der Waals surface area contributed by atoms with E-state index in [0.29, 0.717) is 25.0 Å². The Bertz CT molecular complexity index is 478. The quantitative estimate of drug-likeness (QED) is 0.839. The topological polar surface area (TPSA) is 78.1 Å². The zero-order valence-corrected chi connectivity index (χ0v) is 12.3. The Morgan fingerprint density at radius 1 is 1.53 bits per heavy atom. The fourth-order valence-electron chi connectivity index (χ4n) is 2.63. The van der Waals surface area contributed by atoms with Gasteiger partial charge in [-0.1, -0.05) is 6.92 Å². The van der Waals surface area contributed by atoms with Crippen LogP contribution in [0.2, 0.25) is 0 Å². The summed E-state index contributed by atoms with van der Waals surface area (Å²) in [5.74, 6) is 0.549.